The van der Waals surface area contributed by atoms with Crippen molar-refractivity contribution < 1.29 is 4.74 Å². The van der Waals surface area contributed by atoms with Crippen molar-refractivity contribution in [2.75, 3.05) is 6.54 Å². The zero-order chi connectivity index (χ0) is 22.0. The highest BCUT2D eigenvalue weighted by Gasteiger charge is 2.20. The third-order valence-electron chi connectivity index (χ3n) is 6.14. The van der Waals surface area contributed by atoms with Gasteiger partial charge in [0, 0.05) is 54.9 Å². The summed E-state index contributed by atoms with van der Waals surface area (Å²) in [5.41, 5.74) is 6.00. The van der Waals surface area contributed by atoms with Crippen LogP contribution < -0.4 is 4.74 Å². The van der Waals surface area contributed by atoms with Gasteiger partial charge in [0.05, 0.1) is 10.6 Å². The lowest BCUT2D eigenvalue weighted by molar-refractivity contribution is 0.244. The zero-order valence-electron chi connectivity index (χ0n) is 18.2. The topological polar surface area (TPSA) is 54.0 Å². The Morgan fingerprint density at radius 1 is 1.06 bits per heavy atom. The third kappa shape index (κ3) is 4.27. The Bertz CT molecular complexity index is 1380. The minimum absolute atomic E-state index is 0.572. The largest absolute Gasteiger partial charge is 0.489 e. The minimum Gasteiger partial charge on any atom is -0.489 e. The Hall–Kier alpha value is -3.48. The van der Waals surface area contributed by atoms with Gasteiger partial charge in [-0.15, -0.1) is 11.3 Å². The van der Waals surface area contributed by atoms with E-state index >= 15 is 0 Å². The molecule has 1 aliphatic rings. The van der Waals surface area contributed by atoms with E-state index in [2.05, 4.69) is 56.8 Å². The number of hydrogen-bond acceptors (Lipinski definition) is 5. The summed E-state index contributed by atoms with van der Waals surface area (Å²) in [5.74, 6) is 1.74. The molecule has 4 heterocycles. The van der Waals surface area contributed by atoms with Crippen LogP contribution in [0.2, 0.25) is 0 Å². The Kier molecular flexibility index (Phi) is 5.38. The average Bonchev–Trinajstić information content (AvgIpc) is 3.54. The van der Waals surface area contributed by atoms with Crippen molar-refractivity contribution >= 4 is 22.2 Å². The first-order valence-corrected chi connectivity index (χ1v) is 12.1. The number of nitrogens with one attached hydrogen (secondary N) is 1. The highest BCUT2D eigenvalue weighted by Crippen LogP contribution is 2.28. The molecule has 2 aromatic carbocycles. The second-order valence-corrected chi connectivity index (χ2v) is 9.35. The second-order valence-electron chi connectivity index (χ2n) is 8.40. The lowest BCUT2D eigenvalue weighted by Gasteiger charge is -2.27. The van der Waals surface area contributed by atoms with Crippen LogP contribution in [0.5, 0.6) is 5.75 Å². The number of rotatable bonds is 6. The number of H-pyrrole nitrogens is 1. The summed E-state index contributed by atoms with van der Waals surface area (Å²) in [4.78, 5) is 16.5. The summed E-state index contributed by atoms with van der Waals surface area (Å²) in [7, 11) is 0. The van der Waals surface area contributed by atoms with Gasteiger partial charge in [-0.05, 0) is 40.8 Å². The summed E-state index contributed by atoms with van der Waals surface area (Å²) < 4.78 is 6.06. The standard InChI is InChI=1S/C27H24N4OS/c1-2-5-19(6-3-1)18-32-22-8-9-25-23(13-22)20(14-28-25)16-31-11-10-24-21(17-31)15-29-27(30-24)26-7-4-12-33-26/h1-9,12-15,28H,10-11,16-18H2. The SMILES string of the molecule is c1ccc(COc2ccc3[nH]cc(CN4CCc5nc(-c6cccs6)ncc5C4)c3c2)cc1. The normalized spacial score (nSPS) is 13.8. The first-order valence-electron chi connectivity index (χ1n) is 11.2. The van der Waals surface area contributed by atoms with Gasteiger partial charge >= 0.3 is 0 Å². The highest BCUT2D eigenvalue weighted by molar-refractivity contribution is 7.13. The van der Waals surface area contributed by atoms with Crippen LogP contribution >= 0.6 is 11.3 Å². The molecule has 33 heavy (non-hydrogen) atoms. The number of benzene rings is 2. The minimum atomic E-state index is 0.572. The molecule has 0 aliphatic carbocycles. The molecule has 0 amide bonds. The quantitative estimate of drug-likeness (QED) is 0.352. The van der Waals surface area contributed by atoms with E-state index in [0.29, 0.717) is 6.61 Å². The fraction of sp³-hybridized carbons (Fsp3) is 0.185. The Morgan fingerprint density at radius 3 is 2.88 bits per heavy atom. The Morgan fingerprint density at radius 2 is 2.00 bits per heavy atom. The van der Waals surface area contributed by atoms with E-state index in [1.54, 1.807) is 11.3 Å². The molecule has 0 bridgehead atoms. The van der Waals surface area contributed by atoms with Crippen molar-refractivity contribution in [3.8, 4) is 16.5 Å². The maximum Gasteiger partial charge on any atom is 0.169 e. The number of nitrogens with zero attached hydrogens (tertiary/aromatic N) is 3. The molecule has 1 aliphatic heterocycles. The molecule has 5 nitrogen and oxygen atoms in total. The smallest absolute Gasteiger partial charge is 0.169 e. The Labute approximate surface area is 196 Å². The molecule has 164 valence electrons. The van der Waals surface area contributed by atoms with Gasteiger partial charge < -0.3 is 9.72 Å². The van der Waals surface area contributed by atoms with Gasteiger partial charge in [-0.3, -0.25) is 4.90 Å². The van der Waals surface area contributed by atoms with Crippen LogP contribution in [0, 0.1) is 0 Å². The van der Waals surface area contributed by atoms with Crippen molar-refractivity contribution in [1.29, 1.82) is 0 Å². The summed E-state index contributed by atoms with van der Waals surface area (Å²) in [6.07, 6.45) is 5.08. The van der Waals surface area contributed by atoms with Crippen LogP contribution in [0.15, 0.2) is 78.4 Å². The van der Waals surface area contributed by atoms with Crippen LogP contribution in [-0.4, -0.2) is 26.4 Å². The monoisotopic (exact) mass is 452 g/mol. The van der Waals surface area contributed by atoms with Crippen LogP contribution in [-0.2, 0) is 26.1 Å². The fourth-order valence-corrected chi connectivity index (χ4v) is 5.06. The predicted molar refractivity (Wildman–Crippen MR) is 132 cm³/mol. The van der Waals surface area contributed by atoms with E-state index in [-0.39, 0.29) is 0 Å². The number of ether oxygens (including phenoxy) is 1. The molecule has 0 atom stereocenters. The van der Waals surface area contributed by atoms with Gasteiger partial charge in [-0.1, -0.05) is 36.4 Å². The molecule has 0 fully saturated rings. The predicted octanol–water partition coefficient (Wildman–Crippen LogP) is 5.82. The molecule has 0 radical (unpaired) electrons. The molecule has 6 rings (SSSR count). The van der Waals surface area contributed by atoms with Crippen molar-refractivity contribution in [1.82, 2.24) is 19.9 Å². The van der Waals surface area contributed by atoms with Gasteiger partial charge in [0.15, 0.2) is 5.82 Å². The molecule has 0 saturated carbocycles. The summed E-state index contributed by atoms with van der Waals surface area (Å²) in [6, 6.07) is 20.7. The van der Waals surface area contributed by atoms with Crippen LogP contribution in [0.3, 0.4) is 0 Å². The first-order chi connectivity index (χ1) is 16.3. The van der Waals surface area contributed by atoms with E-state index in [1.165, 1.54) is 27.8 Å². The fourth-order valence-electron chi connectivity index (χ4n) is 4.39. The summed E-state index contributed by atoms with van der Waals surface area (Å²) >= 11 is 1.69. The van der Waals surface area contributed by atoms with E-state index in [9.17, 15) is 0 Å². The summed E-state index contributed by atoms with van der Waals surface area (Å²) in [6.45, 7) is 3.32. The number of hydrogen-bond donors (Lipinski definition) is 1. The maximum atomic E-state index is 6.06. The molecule has 5 aromatic rings. The van der Waals surface area contributed by atoms with Gasteiger partial charge in [0.25, 0.3) is 0 Å². The van der Waals surface area contributed by atoms with Crippen molar-refractivity contribution in [3.63, 3.8) is 0 Å². The van der Waals surface area contributed by atoms with Crippen LogP contribution in [0.25, 0.3) is 21.6 Å². The number of fused-ring (bicyclic) bond motifs is 2. The first kappa shape index (κ1) is 20.1. The summed E-state index contributed by atoms with van der Waals surface area (Å²) in [5, 5.41) is 3.29. The van der Waals surface area contributed by atoms with Gasteiger partial charge in [-0.25, -0.2) is 9.97 Å². The van der Waals surface area contributed by atoms with Crippen LogP contribution in [0.1, 0.15) is 22.4 Å². The molecule has 6 heteroatoms. The molecule has 0 unspecified atom stereocenters. The number of aromatic nitrogens is 3. The van der Waals surface area contributed by atoms with Crippen molar-refractivity contribution in [3.05, 3.63) is 101 Å². The zero-order valence-corrected chi connectivity index (χ0v) is 19.0. The third-order valence-corrected chi connectivity index (χ3v) is 7.00. The number of thiophene rings is 1. The molecule has 0 spiro atoms. The Balaban J connectivity index is 1.17. The van der Waals surface area contributed by atoms with Crippen molar-refractivity contribution in [2.24, 2.45) is 0 Å². The van der Waals surface area contributed by atoms with Gasteiger partial charge in [-0.2, -0.15) is 0 Å². The average molecular weight is 453 g/mol. The van der Waals surface area contributed by atoms with Crippen LogP contribution in [0.4, 0.5) is 0 Å². The lowest BCUT2D eigenvalue weighted by atomic mass is 10.1. The van der Waals surface area contributed by atoms with Crippen molar-refractivity contribution in [2.45, 2.75) is 26.1 Å². The molecule has 1 N–H and O–H groups in total. The lowest BCUT2D eigenvalue weighted by Crippen LogP contribution is -2.30. The van der Waals surface area contributed by atoms with E-state index < -0.39 is 0 Å². The molecular weight excluding hydrogens is 428 g/mol. The maximum absolute atomic E-state index is 6.06. The van der Waals surface area contributed by atoms with E-state index in [4.69, 9.17) is 9.72 Å². The molecule has 3 aromatic heterocycles. The highest BCUT2D eigenvalue weighted by atomic mass is 32.1. The number of aromatic amines is 1. The van der Waals surface area contributed by atoms with Gasteiger partial charge in [0.2, 0.25) is 0 Å². The van der Waals surface area contributed by atoms with Gasteiger partial charge in [0.1, 0.15) is 12.4 Å². The second kappa shape index (κ2) is 8.81. The molecular formula is C27H24N4OS. The van der Waals surface area contributed by atoms with E-state index in [0.717, 1.165) is 48.0 Å². The molecule has 0 saturated heterocycles. The van der Waals surface area contributed by atoms with E-state index in [1.807, 2.05) is 36.5 Å².